The van der Waals surface area contributed by atoms with Gasteiger partial charge in [0.05, 0.1) is 6.04 Å². The van der Waals surface area contributed by atoms with Crippen LogP contribution in [-0.2, 0) is 16.1 Å². The number of esters is 1. The molecule has 0 aromatic heterocycles. The predicted molar refractivity (Wildman–Crippen MR) is 139 cm³/mol. The highest BCUT2D eigenvalue weighted by molar-refractivity contribution is 6.28. The van der Waals surface area contributed by atoms with Gasteiger partial charge in [0, 0.05) is 27.8 Å². The van der Waals surface area contributed by atoms with Crippen molar-refractivity contribution in [2.75, 3.05) is 0 Å². The molecule has 7 nitrogen and oxygen atoms in total. The molecular formula is C31H23NO6. The fourth-order valence-corrected chi connectivity index (χ4v) is 4.43. The number of ketones is 2. The van der Waals surface area contributed by atoms with E-state index in [4.69, 9.17) is 4.74 Å². The molecule has 5 rings (SSSR count). The van der Waals surface area contributed by atoms with Crippen molar-refractivity contribution in [1.82, 2.24) is 5.32 Å². The molecule has 188 valence electrons. The maximum Gasteiger partial charge on any atom is 0.337 e. The molecular weight excluding hydrogens is 482 g/mol. The summed E-state index contributed by atoms with van der Waals surface area (Å²) in [6.07, 6.45) is -1.70. The van der Waals surface area contributed by atoms with Crippen molar-refractivity contribution >= 4 is 23.4 Å². The lowest BCUT2D eigenvalue weighted by Crippen LogP contribution is -2.41. The number of nitrogens with one attached hydrogen (secondary N) is 1. The van der Waals surface area contributed by atoms with Crippen LogP contribution in [0.4, 0.5) is 0 Å². The van der Waals surface area contributed by atoms with Crippen molar-refractivity contribution < 1.29 is 29.0 Å². The van der Waals surface area contributed by atoms with Crippen LogP contribution in [0.15, 0.2) is 103 Å². The number of aliphatic hydroxyl groups excluding tert-OH is 1. The summed E-state index contributed by atoms with van der Waals surface area (Å²) < 4.78 is 5.37. The Kier molecular flexibility index (Phi) is 6.93. The van der Waals surface area contributed by atoms with Crippen LogP contribution in [0, 0.1) is 0 Å². The molecule has 0 saturated heterocycles. The highest BCUT2D eigenvalue weighted by Gasteiger charge is 2.32. The van der Waals surface area contributed by atoms with Gasteiger partial charge in [-0.1, -0.05) is 78.9 Å². The Morgan fingerprint density at radius 2 is 1.26 bits per heavy atom. The van der Waals surface area contributed by atoms with Crippen LogP contribution < -0.4 is 5.32 Å². The molecule has 1 aliphatic carbocycles. The third-order valence-electron chi connectivity index (χ3n) is 6.41. The van der Waals surface area contributed by atoms with Gasteiger partial charge in [0.25, 0.3) is 5.91 Å². The molecule has 0 aliphatic heterocycles. The van der Waals surface area contributed by atoms with Crippen LogP contribution in [0.5, 0.6) is 0 Å². The molecule has 0 unspecified atom stereocenters. The van der Waals surface area contributed by atoms with Gasteiger partial charge in [0.1, 0.15) is 6.61 Å². The monoisotopic (exact) mass is 505 g/mol. The number of carbonyl (C=O) groups excluding carboxylic acids is 4. The van der Waals surface area contributed by atoms with Crippen molar-refractivity contribution in [2.45, 2.75) is 18.8 Å². The zero-order valence-corrected chi connectivity index (χ0v) is 20.2. The van der Waals surface area contributed by atoms with Crippen molar-refractivity contribution in [2.24, 2.45) is 0 Å². The topological polar surface area (TPSA) is 110 Å². The van der Waals surface area contributed by atoms with E-state index < -0.39 is 24.0 Å². The van der Waals surface area contributed by atoms with Crippen LogP contribution in [0.3, 0.4) is 0 Å². The molecule has 0 fully saturated rings. The van der Waals surface area contributed by atoms with Gasteiger partial charge in [-0.15, -0.1) is 0 Å². The molecule has 4 aromatic carbocycles. The van der Waals surface area contributed by atoms with E-state index in [-0.39, 0.29) is 29.3 Å². The maximum absolute atomic E-state index is 13.0. The Morgan fingerprint density at radius 3 is 1.92 bits per heavy atom. The second kappa shape index (κ2) is 10.6. The summed E-state index contributed by atoms with van der Waals surface area (Å²) in [5, 5.41) is 13.6. The minimum atomic E-state index is -1.70. The molecule has 0 bridgehead atoms. The third-order valence-corrected chi connectivity index (χ3v) is 6.41. The smallest absolute Gasteiger partial charge is 0.337 e. The van der Waals surface area contributed by atoms with Gasteiger partial charge < -0.3 is 15.2 Å². The van der Waals surface area contributed by atoms with Crippen molar-refractivity contribution in [3.63, 3.8) is 0 Å². The Hall–Kier alpha value is -4.88. The first-order chi connectivity index (χ1) is 18.4. The summed E-state index contributed by atoms with van der Waals surface area (Å²) in [4.78, 5) is 51.4. The number of hydrogen-bond donors (Lipinski definition) is 2. The Morgan fingerprint density at radius 1 is 0.711 bits per heavy atom. The van der Waals surface area contributed by atoms with Crippen molar-refractivity contribution in [3.05, 3.63) is 142 Å². The van der Waals surface area contributed by atoms with Crippen molar-refractivity contribution in [3.8, 4) is 0 Å². The number of rotatable bonds is 7. The van der Waals surface area contributed by atoms with Gasteiger partial charge in [0.2, 0.25) is 0 Å². The van der Waals surface area contributed by atoms with E-state index in [0.717, 1.165) is 0 Å². The Balaban J connectivity index is 1.32. The Bertz CT molecular complexity index is 1530. The summed E-state index contributed by atoms with van der Waals surface area (Å²) in [6, 6.07) is 27.3. The number of fused-ring (bicyclic) bond motifs is 2. The first-order valence-corrected chi connectivity index (χ1v) is 12.0. The minimum Gasteiger partial charge on any atom is -0.459 e. The highest BCUT2D eigenvalue weighted by Crippen LogP contribution is 2.28. The molecule has 0 radical (unpaired) electrons. The van der Waals surface area contributed by atoms with Gasteiger partial charge in [-0.2, -0.15) is 0 Å². The summed E-state index contributed by atoms with van der Waals surface area (Å²) in [6.45, 7) is -0.236. The second-order valence-electron chi connectivity index (χ2n) is 8.86. The van der Waals surface area contributed by atoms with Gasteiger partial charge in [-0.3, -0.25) is 14.4 Å². The lowest BCUT2D eigenvalue weighted by Gasteiger charge is -2.24. The largest absolute Gasteiger partial charge is 0.459 e. The molecule has 0 heterocycles. The summed E-state index contributed by atoms with van der Waals surface area (Å²) in [7, 11) is 0. The minimum absolute atomic E-state index is 0.236. The molecule has 1 amide bonds. The number of carbonyl (C=O) groups is 4. The quantitative estimate of drug-likeness (QED) is 0.323. The SMILES string of the molecule is O=C(N[C@H](c1ccccc1)[C@@H](O)C(=O)OCc1ccc2c(c1)C(=O)c1ccccc1C2=O)c1ccccc1. The lowest BCUT2D eigenvalue weighted by molar-refractivity contribution is -0.156. The molecule has 0 spiro atoms. The number of amides is 1. The molecule has 2 atom stereocenters. The first-order valence-electron chi connectivity index (χ1n) is 12.0. The van der Waals surface area contributed by atoms with Gasteiger partial charge in [0.15, 0.2) is 17.7 Å². The van der Waals surface area contributed by atoms with Crippen LogP contribution >= 0.6 is 0 Å². The molecule has 7 heteroatoms. The van der Waals surface area contributed by atoms with E-state index in [2.05, 4.69) is 5.32 Å². The number of ether oxygens (including phenoxy) is 1. The zero-order valence-electron chi connectivity index (χ0n) is 20.2. The van der Waals surface area contributed by atoms with Crippen LogP contribution in [-0.4, -0.2) is 34.7 Å². The normalized spacial score (nSPS) is 13.6. The molecule has 4 aromatic rings. The van der Waals surface area contributed by atoms with Crippen LogP contribution in [0.2, 0.25) is 0 Å². The van der Waals surface area contributed by atoms with E-state index in [1.165, 1.54) is 12.1 Å². The fourth-order valence-electron chi connectivity index (χ4n) is 4.43. The van der Waals surface area contributed by atoms with E-state index in [9.17, 15) is 24.3 Å². The van der Waals surface area contributed by atoms with E-state index >= 15 is 0 Å². The van der Waals surface area contributed by atoms with Gasteiger partial charge in [-0.05, 0) is 35.4 Å². The standard InChI is InChI=1S/C31H23NO6/c33-27-22-13-7-8-14-23(22)28(34)25-17-19(15-16-24(25)27)18-38-31(37)29(35)26(20-9-3-1-4-10-20)32-30(36)21-11-5-2-6-12-21/h1-17,26,29,35H,18H2,(H,32,36)/t26-,29-/m1/s1. The summed E-state index contributed by atoms with van der Waals surface area (Å²) in [5.41, 5.74) is 2.60. The average Bonchev–Trinajstić information content (AvgIpc) is 2.97. The van der Waals surface area contributed by atoms with E-state index in [1.807, 2.05) is 0 Å². The first kappa shape index (κ1) is 24.8. The third kappa shape index (κ3) is 4.87. The number of hydrogen-bond acceptors (Lipinski definition) is 6. The second-order valence-corrected chi connectivity index (χ2v) is 8.86. The van der Waals surface area contributed by atoms with Crippen molar-refractivity contribution in [1.29, 1.82) is 0 Å². The molecule has 1 aliphatic rings. The fraction of sp³-hybridized carbons (Fsp3) is 0.0968. The molecule has 38 heavy (non-hydrogen) atoms. The van der Waals surface area contributed by atoms with E-state index in [0.29, 0.717) is 27.8 Å². The summed E-state index contributed by atoms with van der Waals surface area (Å²) in [5.74, 6) is -1.92. The lowest BCUT2D eigenvalue weighted by atomic mass is 9.83. The maximum atomic E-state index is 13.0. The van der Waals surface area contributed by atoms with Gasteiger partial charge >= 0.3 is 5.97 Å². The molecule has 0 saturated carbocycles. The highest BCUT2D eigenvalue weighted by atomic mass is 16.5. The van der Waals surface area contributed by atoms with Gasteiger partial charge in [-0.25, -0.2) is 4.79 Å². The zero-order chi connectivity index (χ0) is 26.6. The van der Waals surface area contributed by atoms with Crippen LogP contribution in [0.1, 0.15) is 59.4 Å². The Labute approximate surface area is 218 Å². The predicted octanol–water partition coefficient (Wildman–Crippen LogP) is 4.04. The average molecular weight is 506 g/mol. The number of aliphatic hydroxyl groups is 1. The summed E-state index contributed by atoms with van der Waals surface area (Å²) >= 11 is 0. The number of benzene rings is 4. The van der Waals surface area contributed by atoms with Crippen LogP contribution in [0.25, 0.3) is 0 Å². The molecule has 2 N–H and O–H groups in total. The van der Waals surface area contributed by atoms with E-state index in [1.54, 1.807) is 91.0 Å².